The van der Waals surface area contributed by atoms with Crippen molar-refractivity contribution in [1.82, 2.24) is 9.97 Å². The van der Waals surface area contributed by atoms with E-state index in [1.54, 1.807) is 0 Å². The molecule has 0 saturated heterocycles. The van der Waals surface area contributed by atoms with Gasteiger partial charge in [-0.2, -0.15) is 0 Å². The van der Waals surface area contributed by atoms with E-state index in [1.807, 2.05) is 6.92 Å². The maximum absolute atomic E-state index is 5.62. The lowest BCUT2D eigenvalue weighted by molar-refractivity contribution is 0.229. The monoisotopic (exact) mass is 289 g/mol. The van der Waals surface area contributed by atoms with Crippen LogP contribution in [0.25, 0.3) is 0 Å². The van der Waals surface area contributed by atoms with Gasteiger partial charge in [-0.25, -0.2) is 15.8 Å². The molecular weight excluding hydrogens is 262 g/mol. The summed E-state index contributed by atoms with van der Waals surface area (Å²) in [7, 11) is 0. The van der Waals surface area contributed by atoms with Crippen molar-refractivity contribution in [3.8, 4) is 0 Å². The van der Waals surface area contributed by atoms with Crippen LogP contribution in [0.4, 0.5) is 11.6 Å². The molecule has 3 rings (SSSR count). The smallest absolute Gasteiger partial charge is 0.148 e. The standard InChI is InChI=1S/C16H27N5/c1-10-13(18-12-5-4-8-16(2,3)9-12)19-15(11-6-7-11)20-14(10)21-17/h11-12H,4-9,17H2,1-3H3,(H2,18,19,20,21). The molecule has 1 unspecified atom stereocenters. The van der Waals surface area contributed by atoms with Crippen LogP contribution >= 0.6 is 0 Å². The third-order valence-corrected chi connectivity index (χ3v) is 4.79. The van der Waals surface area contributed by atoms with Crippen LogP contribution in [0.2, 0.25) is 0 Å². The number of nitrogens with zero attached hydrogens (tertiary/aromatic N) is 2. The van der Waals surface area contributed by atoms with Crippen molar-refractivity contribution in [3.63, 3.8) is 0 Å². The third kappa shape index (κ3) is 3.28. The van der Waals surface area contributed by atoms with E-state index in [4.69, 9.17) is 10.8 Å². The summed E-state index contributed by atoms with van der Waals surface area (Å²) in [6, 6.07) is 0.500. The van der Waals surface area contributed by atoms with Crippen LogP contribution in [0.3, 0.4) is 0 Å². The number of hydrogen-bond donors (Lipinski definition) is 3. The van der Waals surface area contributed by atoms with Crippen molar-refractivity contribution < 1.29 is 0 Å². The summed E-state index contributed by atoms with van der Waals surface area (Å²) in [4.78, 5) is 9.31. The van der Waals surface area contributed by atoms with Gasteiger partial charge in [-0.1, -0.05) is 20.3 Å². The van der Waals surface area contributed by atoms with E-state index in [0.717, 1.165) is 23.0 Å². The first-order valence-corrected chi connectivity index (χ1v) is 8.10. The van der Waals surface area contributed by atoms with Crippen molar-refractivity contribution in [2.45, 2.75) is 71.3 Å². The van der Waals surface area contributed by atoms with Crippen LogP contribution in [0.5, 0.6) is 0 Å². The molecule has 2 aliphatic carbocycles. The second kappa shape index (κ2) is 5.44. The van der Waals surface area contributed by atoms with E-state index in [-0.39, 0.29) is 0 Å². The third-order valence-electron chi connectivity index (χ3n) is 4.79. The molecular formula is C16H27N5. The Morgan fingerprint density at radius 2 is 1.86 bits per heavy atom. The maximum Gasteiger partial charge on any atom is 0.148 e. The van der Waals surface area contributed by atoms with Gasteiger partial charge in [-0.15, -0.1) is 0 Å². The van der Waals surface area contributed by atoms with E-state index < -0.39 is 0 Å². The fourth-order valence-electron chi connectivity index (χ4n) is 3.35. The Hall–Kier alpha value is -1.36. The van der Waals surface area contributed by atoms with Crippen molar-refractivity contribution >= 4 is 11.6 Å². The summed E-state index contributed by atoms with van der Waals surface area (Å²) in [6.45, 7) is 6.74. The minimum absolute atomic E-state index is 0.422. The molecule has 1 atom stereocenters. The van der Waals surface area contributed by atoms with Crippen molar-refractivity contribution in [2.24, 2.45) is 11.3 Å². The lowest BCUT2D eigenvalue weighted by Crippen LogP contribution is -2.32. The fourth-order valence-corrected chi connectivity index (χ4v) is 3.35. The van der Waals surface area contributed by atoms with Gasteiger partial charge in [0.25, 0.3) is 0 Å². The molecule has 0 aliphatic heterocycles. The number of aromatic nitrogens is 2. The zero-order valence-electron chi connectivity index (χ0n) is 13.4. The second-order valence-corrected chi connectivity index (χ2v) is 7.42. The molecule has 2 aliphatic rings. The quantitative estimate of drug-likeness (QED) is 0.585. The highest BCUT2D eigenvalue weighted by atomic mass is 15.3. The van der Waals surface area contributed by atoms with Crippen molar-refractivity contribution in [3.05, 3.63) is 11.4 Å². The number of anilines is 2. The molecule has 1 aromatic rings. The lowest BCUT2D eigenvalue weighted by atomic mass is 9.75. The van der Waals surface area contributed by atoms with Crippen LogP contribution in [0.15, 0.2) is 0 Å². The Morgan fingerprint density at radius 1 is 1.14 bits per heavy atom. The summed E-state index contributed by atoms with van der Waals surface area (Å²) in [5, 5.41) is 3.66. The number of hydrazine groups is 1. The Labute approximate surface area is 127 Å². The minimum atomic E-state index is 0.422. The van der Waals surface area contributed by atoms with Crippen LogP contribution in [0, 0.1) is 12.3 Å². The van der Waals surface area contributed by atoms with Gasteiger partial charge in [0.1, 0.15) is 17.5 Å². The van der Waals surface area contributed by atoms with Crippen LogP contribution in [-0.4, -0.2) is 16.0 Å². The van der Waals surface area contributed by atoms with E-state index >= 15 is 0 Å². The van der Waals surface area contributed by atoms with Gasteiger partial charge in [-0.3, -0.25) is 0 Å². The van der Waals surface area contributed by atoms with E-state index in [2.05, 4.69) is 29.6 Å². The van der Waals surface area contributed by atoms with Crippen LogP contribution < -0.4 is 16.6 Å². The van der Waals surface area contributed by atoms with E-state index in [9.17, 15) is 0 Å². The van der Waals surface area contributed by atoms with Gasteiger partial charge >= 0.3 is 0 Å². The molecule has 1 aromatic heterocycles. The highest BCUT2D eigenvalue weighted by Crippen LogP contribution is 2.40. The van der Waals surface area contributed by atoms with Gasteiger partial charge in [0.15, 0.2) is 0 Å². The summed E-state index contributed by atoms with van der Waals surface area (Å²) in [5.74, 6) is 8.80. The Morgan fingerprint density at radius 3 is 2.48 bits per heavy atom. The van der Waals surface area contributed by atoms with Gasteiger partial charge < -0.3 is 10.7 Å². The molecule has 2 fully saturated rings. The highest BCUT2D eigenvalue weighted by Gasteiger charge is 2.30. The first-order chi connectivity index (χ1) is 9.98. The first kappa shape index (κ1) is 14.6. The van der Waals surface area contributed by atoms with Gasteiger partial charge in [0, 0.05) is 17.5 Å². The molecule has 5 heteroatoms. The van der Waals surface area contributed by atoms with Crippen LogP contribution in [-0.2, 0) is 0 Å². The predicted octanol–water partition coefficient (Wildman–Crippen LogP) is 3.33. The first-order valence-electron chi connectivity index (χ1n) is 8.10. The summed E-state index contributed by atoms with van der Waals surface area (Å²) < 4.78 is 0. The Kier molecular flexibility index (Phi) is 3.78. The number of nitrogens with two attached hydrogens (primary N) is 1. The predicted molar refractivity (Wildman–Crippen MR) is 86.2 cm³/mol. The molecule has 0 spiro atoms. The molecule has 1 heterocycles. The minimum Gasteiger partial charge on any atom is -0.367 e. The zero-order valence-corrected chi connectivity index (χ0v) is 13.4. The number of hydrogen-bond acceptors (Lipinski definition) is 5. The Balaban J connectivity index is 1.82. The van der Waals surface area contributed by atoms with Gasteiger partial charge in [0.05, 0.1) is 0 Å². The maximum atomic E-state index is 5.62. The van der Waals surface area contributed by atoms with Gasteiger partial charge in [0.2, 0.25) is 0 Å². The second-order valence-electron chi connectivity index (χ2n) is 7.42. The zero-order chi connectivity index (χ0) is 15.0. The van der Waals surface area contributed by atoms with Crippen molar-refractivity contribution in [1.29, 1.82) is 0 Å². The molecule has 0 amide bonds. The summed E-state index contributed by atoms with van der Waals surface area (Å²) in [6.07, 6.45) is 7.41. The normalized spacial score (nSPS) is 24.7. The Bertz CT molecular complexity index is 522. The SMILES string of the molecule is Cc1c(NN)nc(C2CC2)nc1NC1CCCC(C)(C)C1. The number of rotatable bonds is 4. The molecule has 5 nitrogen and oxygen atoms in total. The van der Waals surface area contributed by atoms with Crippen LogP contribution in [0.1, 0.15) is 69.7 Å². The average molecular weight is 289 g/mol. The molecule has 116 valence electrons. The summed E-state index contributed by atoms with van der Waals surface area (Å²) >= 11 is 0. The lowest BCUT2D eigenvalue weighted by Gasteiger charge is -2.36. The molecule has 0 aromatic carbocycles. The van der Waals surface area contributed by atoms with Crippen molar-refractivity contribution in [2.75, 3.05) is 10.7 Å². The van der Waals surface area contributed by atoms with Gasteiger partial charge in [-0.05, 0) is 44.4 Å². The molecule has 21 heavy (non-hydrogen) atoms. The molecule has 0 radical (unpaired) electrons. The largest absolute Gasteiger partial charge is 0.367 e. The van der Waals surface area contributed by atoms with E-state index in [1.165, 1.54) is 38.5 Å². The molecule has 4 N–H and O–H groups in total. The number of nitrogens with one attached hydrogen (secondary N) is 2. The fraction of sp³-hybridized carbons (Fsp3) is 0.750. The molecule has 2 saturated carbocycles. The summed E-state index contributed by atoms with van der Waals surface area (Å²) in [5.41, 5.74) is 4.16. The number of nitrogen functional groups attached to an aromatic ring is 1. The van der Waals surface area contributed by atoms with E-state index in [0.29, 0.717) is 17.4 Å². The highest BCUT2D eigenvalue weighted by molar-refractivity contribution is 5.57. The topological polar surface area (TPSA) is 75.9 Å². The molecule has 0 bridgehead atoms. The average Bonchev–Trinajstić information content (AvgIpc) is 3.24.